The molecule has 0 aromatic heterocycles. The lowest BCUT2D eigenvalue weighted by molar-refractivity contribution is 0.149. The van der Waals surface area contributed by atoms with Crippen LogP contribution in [0.3, 0.4) is 0 Å². The molecule has 1 fully saturated rings. The highest BCUT2D eigenvalue weighted by Gasteiger charge is 2.29. The zero-order valence-electron chi connectivity index (χ0n) is 9.47. The largest absolute Gasteiger partial charge is 0.308 e. The Morgan fingerprint density at radius 2 is 2.25 bits per heavy atom. The summed E-state index contributed by atoms with van der Waals surface area (Å²) in [5.41, 5.74) is 1.82. The fourth-order valence-electron chi connectivity index (χ4n) is 2.36. The molecule has 1 unspecified atom stereocenters. The third-order valence-electron chi connectivity index (χ3n) is 3.32. The summed E-state index contributed by atoms with van der Waals surface area (Å²) in [6.07, 6.45) is -0.190. The predicted molar refractivity (Wildman–Crippen MR) is 60.7 cm³/mol. The molecule has 1 nitrogen and oxygen atoms in total. The Morgan fingerprint density at radius 3 is 2.88 bits per heavy atom. The first-order chi connectivity index (χ1) is 7.60. The molecule has 0 bridgehead atoms. The first kappa shape index (κ1) is 11.5. The lowest BCUT2D eigenvalue weighted by Crippen LogP contribution is -2.33. The number of alkyl halides is 2. The van der Waals surface area contributed by atoms with Crippen LogP contribution in [0.25, 0.3) is 0 Å². The summed E-state index contributed by atoms with van der Waals surface area (Å²) in [4.78, 5) is 0. The minimum absolute atomic E-state index is 0.0296. The van der Waals surface area contributed by atoms with Crippen molar-refractivity contribution in [3.63, 3.8) is 0 Å². The molecule has 1 aliphatic rings. The van der Waals surface area contributed by atoms with Crippen LogP contribution in [0.4, 0.5) is 8.78 Å². The van der Waals surface area contributed by atoms with Gasteiger partial charge < -0.3 is 5.32 Å². The monoisotopic (exact) mass is 225 g/mol. The van der Waals surface area contributed by atoms with Crippen LogP contribution in [0.2, 0.25) is 0 Å². The van der Waals surface area contributed by atoms with Crippen LogP contribution in [-0.4, -0.2) is 13.0 Å². The first-order valence-electron chi connectivity index (χ1n) is 5.73. The topological polar surface area (TPSA) is 12.0 Å². The Bertz CT molecular complexity index is 357. The first-order valence-corrected chi connectivity index (χ1v) is 5.73. The standard InChI is InChI=1S/C13H17F2N/c1-13(6-3-7-16-13)11-5-2-4-10(8-11)9-12(14)15/h2,4-5,8,12,16H,3,6-7,9H2,1H3. The highest BCUT2D eigenvalue weighted by molar-refractivity contribution is 5.30. The summed E-state index contributed by atoms with van der Waals surface area (Å²) in [7, 11) is 0. The molecule has 88 valence electrons. The summed E-state index contributed by atoms with van der Waals surface area (Å²) in [5, 5.41) is 3.44. The molecule has 2 rings (SSSR count). The average molecular weight is 225 g/mol. The molecule has 0 aliphatic carbocycles. The van der Waals surface area contributed by atoms with Gasteiger partial charge in [-0.3, -0.25) is 0 Å². The van der Waals surface area contributed by atoms with Crippen LogP contribution >= 0.6 is 0 Å². The van der Waals surface area contributed by atoms with Gasteiger partial charge in [0.1, 0.15) is 0 Å². The van der Waals surface area contributed by atoms with E-state index in [1.807, 2.05) is 18.2 Å². The van der Waals surface area contributed by atoms with Crippen molar-refractivity contribution in [2.24, 2.45) is 0 Å². The zero-order valence-corrected chi connectivity index (χ0v) is 9.47. The SMILES string of the molecule is CC1(c2cccc(CC(F)F)c2)CCCN1. The summed E-state index contributed by atoms with van der Waals surface area (Å²) in [6.45, 7) is 3.15. The lowest BCUT2D eigenvalue weighted by atomic mass is 9.89. The van der Waals surface area contributed by atoms with E-state index >= 15 is 0 Å². The van der Waals surface area contributed by atoms with Gasteiger partial charge in [0.15, 0.2) is 0 Å². The molecule has 1 N–H and O–H groups in total. The third-order valence-corrected chi connectivity index (χ3v) is 3.32. The molecule has 3 heteroatoms. The van der Waals surface area contributed by atoms with E-state index in [9.17, 15) is 8.78 Å². The Morgan fingerprint density at radius 1 is 1.44 bits per heavy atom. The number of halogens is 2. The highest BCUT2D eigenvalue weighted by atomic mass is 19.3. The van der Waals surface area contributed by atoms with Crippen LogP contribution in [0.1, 0.15) is 30.9 Å². The van der Waals surface area contributed by atoms with Crippen LogP contribution in [0.5, 0.6) is 0 Å². The van der Waals surface area contributed by atoms with Gasteiger partial charge in [0.25, 0.3) is 0 Å². The highest BCUT2D eigenvalue weighted by Crippen LogP contribution is 2.30. The molecule has 1 aromatic carbocycles. The predicted octanol–water partition coefficient (Wildman–Crippen LogP) is 3.09. The number of benzene rings is 1. The minimum atomic E-state index is -2.26. The number of hydrogen-bond donors (Lipinski definition) is 1. The number of hydrogen-bond acceptors (Lipinski definition) is 1. The second kappa shape index (κ2) is 4.50. The fraction of sp³-hybridized carbons (Fsp3) is 0.538. The number of rotatable bonds is 3. The van der Waals surface area contributed by atoms with E-state index in [0.29, 0.717) is 0 Å². The van der Waals surface area contributed by atoms with Crippen molar-refractivity contribution in [1.29, 1.82) is 0 Å². The number of nitrogens with one attached hydrogen (secondary N) is 1. The van der Waals surface area contributed by atoms with Gasteiger partial charge >= 0.3 is 0 Å². The molecule has 0 spiro atoms. The molecular weight excluding hydrogens is 208 g/mol. The van der Waals surface area contributed by atoms with Crippen LogP contribution in [-0.2, 0) is 12.0 Å². The molecule has 1 aliphatic heterocycles. The Kier molecular flexibility index (Phi) is 3.24. The van der Waals surface area contributed by atoms with Crippen LogP contribution in [0, 0.1) is 0 Å². The summed E-state index contributed by atoms with van der Waals surface area (Å²) < 4.78 is 24.6. The zero-order chi connectivity index (χ0) is 11.6. The van der Waals surface area contributed by atoms with Gasteiger partial charge in [-0.1, -0.05) is 24.3 Å². The van der Waals surface area contributed by atoms with Crippen molar-refractivity contribution >= 4 is 0 Å². The summed E-state index contributed by atoms with van der Waals surface area (Å²) in [5.74, 6) is 0. The molecular formula is C13H17F2N. The maximum Gasteiger partial charge on any atom is 0.242 e. The van der Waals surface area contributed by atoms with E-state index in [1.165, 1.54) is 0 Å². The molecule has 0 saturated carbocycles. The van der Waals surface area contributed by atoms with Gasteiger partial charge in [-0.2, -0.15) is 0 Å². The van der Waals surface area contributed by atoms with E-state index in [-0.39, 0.29) is 12.0 Å². The maximum absolute atomic E-state index is 12.3. The van der Waals surface area contributed by atoms with E-state index in [0.717, 1.165) is 30.5 Å². The molecule has 0 amide bonds. The third kappa shape index (κ3) is 2.40. The quantitative estimate of drug-likeness (QED) is 0.833. The Labute approximate surface area is 94.9 Å². The molecule has 1 saturated heterocycles. The van der Waals surface area contributed by atoms with Gasteiger partial charge in [-0.25, -0.2) is 8.78 Å². The van der Waals surface area contributed by atoms with Crippen molar-refractivity contribution in [3.05, 3.63) is 35.4 Å². The molecule has 1 heterocycles. The molecule has 1 atom stereocenters. The summed E-state index contributed by atoms with van der Waals surface area (Å²) in [6, 6.07) is 7.57. The van der Waals surface area contributed by atoms with Gasteiger partial charge in [-0.15, -0.1) is 0 Å². The van der Waals surface area contributed by atoms with Gasteiger partial charge in [0.05, 0.1) is 0 Å². The van der Waals surface area contributed by atoms with Crippen molar-refractivity contribution < 1.29 is 8.78 Å². The smallest absolute Gasteiger partial charge is 0.242 e. The van der Waals surface area contributed by atoms with E-state index in [4.69, 9.17) is 0 Å². The molecule has 1 aromatic rings. The van der Waals surface area contributed by atoms with Crippen LogP contribution < -0.4 is 5.32 Å². The average Bonchev–Trinajstić information content (AvgIpc) is 2.66. The van der Waals surface area contributed by atoms with E-state index in [2.05, 4.69) is 12.2 Å². The van der Waals surface area contributed by atoms with Gasteiger partial charge in [-0.05, 0) is 37.4 Å². The normalized spacial score (nSPS) is 25.2. The lowest BCUT2D eigenvalue weighted by Gasteiger charge is -2.25. The Balaban J connectivity index is 2.21. The van der Waals surface area contributed by atoms with Crippen molar-refractivity contribution in [3.8, 4) is 0 Å². The van der Waals surface area contributed by atoms with E-state index < -0.39 is 6.43 Å². The van der Waals surface area contributed by atoms with Crippen molar-refractivity contribution in [2.45, 2.75) is 38.2 Å². The second-order valence-electron chi connectivity index (χ2n) is 4.66. The van der Waals surface area contributed by atoms with Gasteiger partial charge in [0, 0.05) is 12.0 Å². The minimum Gasteiger partial charge on any atom is -0.308 e. The second-order valence-corrected chi connectivity index (χ2v) is 4.66. The van der Waals surface area contributed by atoms with Crippen LogP contribution in [0.15, 0.2) is 24.3 Å². The molecule has 16 heavy (non-hydrogen) atoms. The van der Waals surface area contributed by atoms with E-state index in [1.54, 1.807) is 6.07 Å². The fourth-order valence-corrected chi connectivity index (χ4v) is 2.36. The van der Waals surface area contributed by atoms with Gasteiger partial charge in [0.2, 0.25) is 6.43 Å². The maximum atomic E-state index is 12.3. The summed E-state index contributed by atoms with van der Waals surface area (Å²) >= 11 is 0. The van der Waals surface area contributed by atoms with Crippen molar-refractivity contribution in [2.75, 3.05) is 6.54 Å². The van der Waals surface area contributed by atoms with Crippen molar-refractivity contribution in [1.82, 2.24) is 5.32 Å². The Hall–Kier alpha value is -0.960. The molecule has 0 radical (unpaired) electrons.